The zero-order valence-electron chi connectivity index (χ0n) is 13.4. The van der Waals surface area contributed by atoms with Crippen molar-refractivity contribution in [2.24, 2.45) is 7.05 Å². The van der Waals surface area contributed by atoms with Gasteiger partial charge >= 0.3 is 0 Å². The smallest absolute Gasteiger partial charge is 0.274 e. The lowest BCUT2D eigenvalue weighted by atomic mass is 10.1. The summed E-state index contributed by atoms with van der Waals surface area (Å²) in [5, 5.41) is 7.97. The first kappa shape index (κ1) is 15.7. The summed E-state index contributed by atoms with van der Waals surface area (Å²) in [6.07, 6.45) is 0. The number of nitrogens with one attached hydrogen (secondary N) is 1. The molecule has 2 aromatic carbocycles. The van der Waals surface area contributed by atoms with Gasteiger partial charge in [-0.1, -0.05) is 30.3 Å². The highest BCUT2D eigenvalue weighted by Crippen LogP contribution is 2.14. The van der Waals surface area contributed by atoms with E-state index in [9.17, 15) is 9.59 Å². The Bertz CT molecular complexity index is 963. The fraction of sp³-hybridized carbons (Fsp3) is 0.167. The number of carbonyl (C=O) groups excluding carboxylic acids is 1. The molecule has 0 aliphatic rings. The molecule has 0 bridgehead atoms. The third kappa shape index (κ3) is 2.99. The van der Waals surface area contributed by atoms with Gasteiger partial charge in [-0.25, -0.2) is 4.68 Å². The first-order chi connectivity index (χ1) is 11.6. The summed E-state index contributed by atoms with van der Waals surface area (Å²) in [5.41, 5.74) is 0.919. The molecule has 1 N–H and O–H groups in total. The van der Waals surface area contributed by atoms with Gasteiger partial charge in [-0.15, -0.1) is 0 Å². The van der Waals surface area contributed by atoms with Gasteiger partial charge in [0, 0.05) is 19.0 Å². The normalized spacial score (nSPS) is 10.6. The van der Waals surface area contributed by atoms with Crippen molar-refractivity contribution in [2.75, 3.05) is 7.11 Å². The summed E-state index contributed by atoms with van der Waals surface area (Å²) in [4.78, 5) is 24.6. The van der Waals surface area contributed by atoms with Crippen LogP contribution >= 0.6 is 0 Å². The van der Waals surface area contributed by atoms with Gasteiger partial charge in [-0.3, -0.25) is 9.59 Å². The fourth-order valence-corrected chi connectivity index (χ4v) is 2.52. The number of aryl methyl sites for hydroxylation is 1. The highest BCUT2D eigenvalue weighted by Gasteiger charge is 2.15. The second-order valence-electron chi connectivity index (χ2n) is 5.36. The zero-order valence-corrected chi connectivity index (χ0v) is 13.4. The van der Waals surface area contributed by atoms with E-state index in [1.807, 2.05) is 24.3 Å². The van der Waals surface area contributed by atoms with Gasteiger partial charge in [0.1, 0.15) is 5.75 Å². The molecule has 0 saturated heterocycles. The Kier molecular flexibility index (Phi) is 4.29. The molecule has 0 unspecified atom stereocenters. The van der Waals surface area contributed by atoms with Gasteiger partial charge in [0.2, 0.25) is 0 Å². The van der Waals surface area contributed by atoms with Crippen molar-refractivity contribution in [3.8, 4) is 5.75 Å². The lowest BCUT2D eigenvalue weighted by molar-refractivity contribution is 0.0945. The molecule has 0 aliphatic heterocycles. The molecule has 1 heterocycles. The lowest BCUT2D eigenvalue weighted by Crippen LogP contribution is -2.29. The number of fused-ring (bicyclic) bond motifs is 1. The van der Waals surface area contributed by atoms with Crippen molar-refractivity contribution >= 4 is 16.7 Å². The fourth-order valence-electron chi connectivity index (χ4n) is 2.52. The molecular formula is C18H17N3O3. The van der Waals surface area contributed by atoms with Crippen LogP contribution in [-0.2, 0) is 13.6 Å². The van der Waals surface area contributed by atoms with Crippen molar-refractivity contribution in [1.82, 2.24) is 15.1 Å². The highest BCUT2D eigenvalue weighted by atomic mass is 16.5. The molecule has 0 atom stereocenters. The number of aromatic nitrogens is 2. The topological polar surface area (TPSA) is 73.2 Å². The van der Waals surface area contributed by atoms with Crippen LogP contribution in [0.3, 0.4) is 0 Å². The van der Waals surface area contributed by atoms with E-state index in [0.29, 0.717) is 17.3 Å². The molecule has 6 heteroatoms. The summed E-state index contributed by atoms with van der Waals surface area (Å²) >= 11 is 0. The van der Waals surface area contributed by atoms with E-state index in [4.69, 9.17) is 4.74 Å². The van der Waals surface area contributed by atoms with Crippen molar-refractivity contribution < 1.29 is 9.53 Å². The van der Waals surface area contributed by atoms with Gasteiger partial charge in [-0.05, 0) is 23.8 Å². The standard InChI is InChI=1S/C18H17N3O3/c1-21-18(23)15-9-4-3-8-14(15)16(20-21)17(22)19-11-12-6-5-7-13(10-12)24-2/h3-10H,11H2,1-2H3,(H,19,22). The van der Waals surface area contributed by atoms with Gasteiger partial charge in [0.05, 0.1) is 12.5 Å². The summed E-state index contributed by atoms with van der Waals surface area (Å²) in [6.45, 7) is 0.342. The molecule has 0 saturated carbocycles. The Hall–Kier alpha value is -3.15. The molecule has 6 nitrogen and oxygen atoms in total. The molecular weight excluding hydrogens is 306 g/mol. The number of methoxy groups -OCH3 is 1. The van der Waals surface area contributed by atoms with Gasteiger partial charge < -0.3 is 10.1 Å². The third-order valence-corrected chi connectivity index (χ3v) is 3.76. The first-order valence-corrected chi connectivity index (χ1v) is 7.47. The number of nitrogens with zero attached hydrogens (tertiary/aromatic N) is 2. The van der Waals surface area contributed by atoms with Crippen LogP contribution in [0.2, 0.25) is 0 Å². The Morgan fingerprint density at radius 3 is 2.67 bits per heavy atom. The number of rotatable bonds is 4. The van der Waals surface area contributed by atoms with Crippen LogP contribution in [0.25, 0.3) is 10.8 Å². The van der Waals surface area contributed by atoms with Crippen molar-refractivity contribution in [2.45, 2.75) is 6.54 Å². The summed E-state index contributed by atoms with van der Waals surface area (Å²) in [6, 6.07) is 14.4. The van der Waals surface area contributed by atoms with Crippen LogP contribution in [0.5, 0.6) is 5.75 Å². The van der Waals surface area contributed by atoms with Crippen LogP contribution in [0.4, 0.5) is 0 Å². The van der Waals surface area contributed by atoms with E-state index in [1.165, 1.54) is 11.7 Å². The Labute approximate surface area is 138 Å². The van der Waals surface area contributed by atoms with E-state index < -0.39 is 0 Å². The zero-order chi connectivity index (χ0) is 17.1. The predicted octanol–water partition coefficient (Wildman–Crippen LogP) is 1.87. The van der Waals surface area contributed by atoms with Gasteiger partial charge in [-0.2, -0.15) is 5.10 Å². The molecule has 0 radical (unpaired) electrons. The Morgan fingerprint density at radius 1 is 1.17 bits per heavy atom. The summed E-state index contributed by atoms with van der Waals surface area (Å²) in [7, 11) is 3.13. The maximum atomic E-state index is 12.5. The molecule has 122 valence electrons. The summed E-state index contributed by atoms with van der Waals surface area (Å²) in [5.74, 6) is 0.400. The number of benzene rings is 2. The minimum Gasteiger partial charge on any atom is -0.497 e. The van der Waals surface area contributed by atoms with Crippen LogP contribution in [0, 0.1) is 0 Å². The lowest BCUT2D eigenvalue weighted by Gasteiger charge is -2.09. The van der Waals surface area contributed by atoms with Gasteiger partial charge in [0.15, 0.2) is 5.69 Å². The van der Waals surface area contributed by atoms with E-state index in [2.05, 4.69) is 10.4 Å². The minimum atomic E-state index is -0.329. The molecule has 0 aliphatic carbocycles. The number of amides is 1. The van der Waals surface area contributed by atoms with Crippen LogP contribution in [0.15, 0.2) is 53.3 Å². The molecule has 1 amide bonds. The van der Waals surface area contributed by atoms with Crippen molar-refractivity contribution in [3.05, 3.63) is 70.1 Å². The quantitative estimate of drug-likeness (QED) is 0.795. The molecule has 1 aromatic heterocycles. The number of hydrogen-bond acceptors (Lipinski definition) is 4. The molecule has 0 fully saturated rings. The highest BCUT2D eigenvalue weighted by molar-refractivity contribution is 6.04. The second kappa shape index (κ2) is 6.54. The Morgan fingerprint density at radius 2 is 1.92 bits per heavy atom. The van der Waals surface area contributed by atoms with E-state index in [-0.39, 0.29) is 17.2 Å². The Balaban J connectivity index is 1.89. The molecule has 3 rings (SSSR count). The summed E-state index contributed by atoms with van der Waals surface area (Å²) < 4.78 is 6.35. The van der Waals surface area contributed by atoms with Crippen LogP contribution in [0.1, 0.15) is 16.1 Å². The van der Waals surface area contributed by atoms with E-state index in [0.717, 1.165) is 11.3 Å². The maximum absolute atomic E-state index is 12.5. The SMILES string of the molecule is COc1cccc(CNC(=O)c2nn(C)c(=O)c3ccccc23)c1. The number of carbonyl (C=O) groups is 1. The van der Waals surface area contributed by atoms with Crippen molar-refractivity contribution in [1.29, 1.82) is 0 Å². The average molecular weight is 323 g/mol. The van der Waals surface area contributed by atoms with Crippen LogP contribution < -0.4 is 15.6 Å². The maximum Gasteiger partial charge on any atom is 0.274 e. The average Bonchev–Trinajstić information content (AvgIpc) is 2.63. The third-order valence-electron chi connectivity index (χ3n) is 3.76. The van der Waals surface area contributed by atoms with Gasteiger partial charge in [0.25, 0.3) is 11.5 Å². The second-order valence-corrected chi connectivity index (χ2v) is 5.36. The number of ether oxygens (including phenoxy) is 1. The predicted molar refractivity (Wildman–Crippen MR) is 91.1 cm³/mol. The molecule has 24 heavy (non-hydrogen) atoms. The van der Waals surface area contributed by atoms with E-state index in [1.54, 1.807) is 31.4 Å². The monoisotopic (exact) mass is 323 g/mol. The minimum absolute atomic E-state index is 0.227. The van der Waals surface area contributed by atoms with Crippen LogP contribution in [-0.4, -0.2) is 22.8 Å². The van der Waals surface area contributed by atoms with Crippen molar-refractivity contribution in [3.63, 3.8) is 0 Å². The molecule has 3 aromatic rings. The largest absolute Gasteiger partial charge is 0.497 e. The number of hydrogen-bond donors (Lipinski definition) is 1. The first-order valence-electron chi connectivity index (χ1n) is 7.47. The van der Waals surface area contributed by atoms with E-state index >= 15 is 0 Å². The molecule has 0 spiro atoms.